The molecule has 0 saturated heterocycles. The predicted molar refractivity (Wildman–Crippen MR) is 371 cm³/mol. The maximum atomic E-state index is 14.9. The lowest BCUT2D eigenvalue weighted by Crippen LogP contribution is -2.41. The van der Waals surface area contributed by atoms with Crippen LogP contribution in [-0.4, -0.2) is 79.2 Å². The molecule has 8 aromatic carbocycles. The van der Waals surface area contributed by atoms with Gasteiger partial charge in [0.25, 0.3) is 0 Å². The number of hydrogen-bond donors (Lipinski definition) is 2. The van der Waals surface area contributed by atoms with Crippen molar-refractivity contribution in [2.75, 3.05) is 13.5 Å². The van der Waals surface area contributed by atoms with Crippen LogP contribution in [0.5, 0.6) is 46.0 Å². The average molecular weight is 1410 g/mol. The van der Waals surface area contributed by atoms with Crippen LogP contribution in [0.25, 0.3) is 0 Å². The standard InChI is InChI=1S/C76H82N2O16S4/c1-45-19-27-55(28-20-45)95(81,82)91-69-39-71(93-97(85,86)57-31-23-47(3)24-32-57)61-35-59(69)49(5)63-37-65(75-67(73(63)79)41-77(43-89-75)53-15-11-9-12-16-53)52(8)62-36-60(50(6)64-38-66(51(61)7)76-68(74(64)80)42-78(44-90-76)54-17-13-10-14-18-54)70(92-96(83,84)56-29-21-46(2)22-30-56)40-72(62)94-98(87,88)58-33-25-48(4)26-34-58/h19-40,49-54,79-80H,9-18,41-44H2,1-8H3. The molecule has 22 heteroatoms. The Bertz CT molecular complexity index is 4550. The third kappa shape index (κ3) is 13.5. The lowest BCUT2D eigenvalue weighted by molar-refractivity contribution is 0.0382. The molecule has 8 bridgehead atoms. The number of nitrogens with zero attached hydrogens (tertiary/aromatic N) is 2. The third-order valence-electron chi connectivity index (χ3n) is 20.5. The Kier molecular flexibility index (Phi) is 18.7. The second-order valence-electron chi connectivity index (χ2n) is 27.2. The van der Waals surface area contributed by atoms with Crippen molar-refractivity contribution in [3.8, 4) is 46.0 Å². The molecule has 0 spiro atoms. The van der Waals surface area contributed by atoms with Gasteiger partial charge in [-0.1, -0.05) is 137 Å². The number of ether oxygens (including phenoxy) is 2. The van der Waals surface area contributed by atoms with E-state index in [-0.39, 0.29) is 126 Å². The smallest absolute Gasteiger partial charge is 0.339 e. The molecule has 3 aliphatic carbocycles. The molecule has 2 fully saturated rings. The summed E-state index contributed by atoms with van der Waals surface area (Å²) in [5.74, 6) is -5.06. The van der Waals surface area contributed by atoms with Gasteiger partial charge in [0.1, 0.15) is 56.0 Å². The molecule has 0 radical (unpaired) electrons. The van der Waals surface area contributed by atoms with Gasteiger partial charge in [-0.05, 0) is 126 Å². The molecular weight excluding hydrogens is 1330 g/mol. The van der Waals surface area contributed by atoms with Gasteiger partial charge in [0, 0.05) is 105 Å². The molecule has 8 aromatic rings. The van der Waals surface area contributed by atoms with Crippen LogP contribution >= 0.6 is 0 Å². The normalized spacial score (nSPS) is 19.7. The number of hydrogen-bond acceptors (Lipinski definition) is 18. The first-order valence-corrected chi connectivity index (χ1v) is 39.2. The molecule has 516 valence electrons. The van der Waals surface area contributed by atoms with Crippen molar-refractivity contribution in [3.63, 3.8) is 0 Å². The molecule has 18 nitrogen and oxygen atoms in total. The van der Waals surface area contributed by atoms with Crippen molar-refractivity contribution in [3.05, 3.63) is 211 Å². The van der Waals surface area contributed by atoms with E-state index in [0.717, 1.165) is 86.5 Å². The zero-order valence-electron chi connectivity index (χ0n) is 56.2. The Morgan fingerprint density at radius 2 is 0.592 bits per heavy atom. The summed E-state index contributed by atoms with van der Waals surface area (Å²) in [5.41, 5.74) is 6.07. The molecule has 2 N–H and O–H groups in total. The molecule has 4 unspecified atom stereocenters. The molecule has 2 heterocycles. The van der Waals surface area contributed by atoms with Crippen molar-refractivity contribution >= 4 is 40.5 Å². The molecule has 2 saturated carbocycles. The number of benzene rings is 8. The first-order chi connectivity index (χ1) is 46.6. The minimum Gasteiger partial charge on any atom is -0.507 e. The average Bonchev–Trinajstić information content (AvgIpc) is 0.738. The number of phenols is 2. The van der Waals surface area contributed by atoms with Gasteiger partial charge in [-0.2, -0.15) is 33.7 Å². The molecule has 98 heavy (non-hydrogen) atoms. The molecular formula is C76H82N2O16S4. The van der Waals surface area contributed by atoms with E-state index in [1.165, 1.54) is 60.7 Å². The van der Waals surface area contributed by atoms with Gasteiger partial charge >= 0.3 is 40.5 Å². The van der Waals surface area contributed by atoms with E-state index in [1.807, 2.05) is 41.5 Å². The van der Waals surface area contributed by atoms with Crippen molar-refractivity contribution in [2.24, 2.45) is 0 Å². The second-order valence-corrected chi connectivity index (χ2v) is 33.4. The lowest BCUT2D eigenvalue weighted by Gasteiger charge is -2.39. The largest absolute Gasteiger partial charge is 0.507 e. The Hall–Kier alpha value is -8.12. The highest BCUT2D eigenvalue weighted by atomic mass is 32.2. The van der Waals surface area contributed by atoms with E-state index < -0.39 is 64.1 Å². The van der Waals surface area contributed by atoms with Crippen LogP contribution in [-0.2, 0) is 53.6 Å². The van der Waals surface area contributed by atoms with Crippen LogP contribution in [0.3, 0.4) is 0 Å². The Balaban J connectivity index is 1.12. The first kappa shape index (κ1) is 68.4. The Morgan fingerprint density at radius 1 is 0.347 bits per heavy atom. The van der Waals surface area contributed by atoms with E-state index in [0.29, 0.717) is 33.8 Å². The van der Waals surface area contributed by atoms with Crippen LogP contribution in [0.1, 0.15) is 193 Å². The molecule has 13 rings (SSSR count). The van der Waals surface area contributed by atoms with Crippen LogP contribution in [0.2, 0.25) is 0 Å². The highest BCUT2D eigenvalue weighted by Crippen LogP contribution is 2.55. The minimum atomic E-state index is -4.74. The zero-order chi connectivity index (χ0) is 69.3. The van der Waals surface area contributed by atoms with E-state index in [2.05, 4.69) is 9.80 Å². The number of aryl methyl sites for hydroxylation is 4. The number of phenolic OH excluding ortho intramolecular Hbond substituents is 2. The maximum absolute atomic E-state index is 14.9. The van der Waals surface area contributed by atoms with Crippen molar-refractivity contribution in [1.29, 1.82) is 0 Å². The fraction of sp³-hybridized carbons (Fsp3) is 0.368. The number of aromatic hydroxyl groups is 2. The van der Waals surface area contributed by atoms with Crippen LogP contribution in [0.4, 0.5) is 0 Å². The first-order valence-electron chi connectivity index (χ1n) is 33.6. The van der Waals surface area contributed by atoms with Gasteiger partial charge in [0.2, 0.25) is 0 Å². The minimum absolute atomic E-state index is 0.0990. The third-order valence-corrected chi connectivity index (χ3v) is 25.5. The van der Waals surface area contributed by atoms with Gasteiger partial charge in [0.05, 0.1) is 11.1 Å². The van der Waals surface area contributed by atoms with Crippen LogP contribution < -0.4 is 26.2 Å². The molecule has 0 amide bonds. The van der Waals surface area contributed by atoms with Crippen molar-refractivity contribution in [1.82, 2.24) is 9.80 Å². The van der Waals surface area contributed by atoms with Gasteiger partial charge in [-0.3, -0.25) is 9.80 Å². The summed E-state index contributed by atoms with van der Waals surface area (Å²) in [5, 5.41) is 26.5. The van der Waals surface area contributed by atoms with Crippen molar-refractivity contribution in [2.45, 2.75) is 188 Å². The van der Waals surface area contributed by atoms with E-state index in [1.54, 1.807) is 86.6 Å². The predicted octanol–water partition coefficient (Wildman–Crippen LogP) is 15.3. The highest BCUT2D eigenvalue weighted by molar-refractivity contribution is 7.88. The zero-order valence-corrected chi connectivity index (χ0v) is 59.5. The number of rotatable bonds is 14. The van der Waals surface area contributed by atoms with Crippen LogP contribution in [0, 0.1) is 27.7 Å². The summed E-state index contributed by atoms with van der Waals surface area (Å²) in [6.07, 6.45) is 9.70. The molecule has 5 aliphatic rings. The summed E-state index contributed by atoms with van der Waals surface area (Å²) in [6.45, 7) is 15.1. The quantitative estimate of drug-likeness (QED) is 0.0962. The Labute approximate surface area is 575 Å². The summed E-state index contributed by atoms with van der Waals surface area (Å²) in [6, 6.07) is 33.8. The topological polar surface area (TPSA) is 239 Å². The lowest BCUT2D eigenvalue weighted by atomic mass is 9.79. The van der Waals surface area contributed by atoms with Gasteiger partial charge in [-0.25, -0.2) is 0 Å². The SMILES string of the molecule is Cc1ccc(S(=O)(=O)Oc2cc(OS(=O)(=O)c3ccc(C)cc3)c3cc2C(C)c2cc(c4c(c2O)CN(C2CCCCC2)CO4)C(C)c2cc(c(OS(=O)(=O)c4ccc(C)cc4)cc2OS(=O)(=O)c2ccc(C)cc2)C(C)c2cc(c4c(c2O)CN(C2CCCCC2)CO4)C3C)cc1. The fourth-order valence-electron chi connectivity index (χ4n) is 14.6. The monoisotopic (exact) mass is 1410 g/mol. The van der Waals surface area contributed by atoms with Gasteiger partial charge in [-0.15, -0.1) is 0 Å². The van der Waals surface area contributed by atoms with Gasteiger partial charge < -0.3 is 36.4 Å². The van der Waals surface area contributed by atoms with Crippen LogP contribution in [0.15, 0.2) is 153 Å². The second kappa shape index (κ2) is 26.9. The molecule has 2 aliphatic heterocycles. The maximum Gasteiger partial charge on any atom is 0.339 e. The van der Waals surface area contributed by atoms with Crippen molar-refractivity contribution < 1.29 is 70.1 Å². The summed E-state index contributed by atoms with van der Waals surface area (Å²) < 4.78 is 158. The fourth-order valence-corrected chi connectivity index (χ4v) is 18.4. The van der Waals surface area contributed by atoms with E-state index in [9.17, 15) is 43.9 Å². The van der Waals surface area contributed by atoms with E-state index in [4.69, 9.17) is 26.2 Å². The Morgan fingerprint density at radius 3 is 0.857 bits per heavy atom. The van der Waals surface area contributed by atoms with Gasteiger partial charge in [0.15, 0.2) is 23.0 Å². The molecule has 0 aromatic heterocycles. The van der Waals surface area contributed by atoms with E-state index >= 15 is 0 Å². The highest BCUT2D eigenvalue weighted by Gasteiger charge is 2.40. The summed E-state index contributed by atoms with van der Waals surface area (Å²) >= 11 is 0. The number of fused-ring (bicyclic) bond motifs is 12. The summed E-state index contributed by atoms with van der Waals surface area (Å²) in [4.78, 5) is 3.59. The molecule has 4 atom stereocenters. The summed E-state index contributed by atoms with van der Waals surface area (Å²) in [7, 11) is -19.0.